The summed E-state index contributed by atoms with van der Waals surface area (Å²) in [5.41, 5.74) is 5.43. The van der Waals surface area contributed by atoms with E-state index in [1.807, 2.05) is 0 Å². The molecule has 0 heterocycles. The van der Waals surface area contributed by atoms with E-state index in [-0.39, 0.29) is 0 Å². The van der Waals surface area contributed by atoms with Crippen molar-refractivity contribution >= 4 is 0 Å². The average molecular weight is 237 g/mol. The Morgan fingerprint density at radius 1 is 1.41 bits per heavy atom. The normalized spacial score (nSPS) is 29.6. The Balaban J connectivity index is 2.26. The molecule has 3 heteroatoms. The summed E-state index contributed by atoms with van der Waals surface area (Å²) in [5, 5.41) is 8.99. The molecular weight excluding hydrogens is 210 g/mol. The third-order valence-electron chi connectivity index (χ3n) is 3.99. The molecule has 0 unspecified atom stereocenters. The number of rotatable bonds is 5. The Hall–Kier alpha value is -0.590. The van der Waals surface area contributed by atoms with Crippen LogP contribution < -0.4 is 5.73 Å². The molecule has 98 valence electrons. The van der Waals surface area contributed by atoms with Crippen molar-refractivity contribution in [3.05, 3.63) is 0 Å². The quantitative estimate of drug-likeness (QED) is 0.799. The minimum atomic E-state index is -0.546. The monoisotopic (exact) mass is 237 g/mol. The smallest absolute Gasteiger partial charge is 0.104 e. The molecule has 3 nitrogen and oxygen atoms in total. The van der Waals surface area contributed by atoms with Crippen LogP contribution >= 0.6 is 0 Å². The molecule has 0 spiro atoms. The van der Waals surface area contributed by atoms with Crippen molar-refractivity contribution in [3.8, 4) is 6.07 Å². The number of nitrogens with zero attached hydrogens (tertiary/aromatic N) is 2. The molecule has 0 bridgehead atoms. The van der Waals surface area contributed by atoms with Crippen LogP contribution in [0.25, 0.3) is 0 Å². The van der Waals surface area contributed by atoms with Gasteiger partial charge in [0.2, 0.25) is 0 Å². The van der Waals surface area contributed by atoms with E-state index in [4.69, 9.17) is 11.0 Å². The highest BCUT2D eigenvalue weighted by Gasteiger charge is 2.32. The number of hydrogen-bond acceptors (Lipinski definition) is 3. The van der Waals surface area contributed by atoms with Crippen LogP contribution in [-0.4, -0.2) is 30.1 Å². The fourth-order valence-corrected chi connectivity index (χ4v) is 2.60. The van der Waals surface area contributed by atoms with E-state index in [2.05, 4.69) is 31.9 Å². The summed E-state index contributed by atoms with van der Waals surface area (Å²) in [5.74, 6) is 0.796. The number of hydrogen-bond donors (Lipinski definition) is 1. The Bertz CT molecular complexity index is 259. The van der Waals surface area contributed by atoms with Crippen LogP contribution in [0.1, 0.15) is 52.4 Å². The first-order valence-corrected chi connectivity index (χ1v) is 6.87. The van der Waals surface area contributed by atoms with Gasteiger partial charge in [0.15, 0.2) is 0 Å². The molecule has 1 fully saturated rings. The molecule has 0 atom stereocenters. The van der Waals surface area contributed by atoms with Crippen molar-refractivity contribution in [2.75, 3.05) is 13.6 Å². The molecule has 0 radical (unpaired) electrons. The zero-order chi connectivity index (χ0) is 12.9. The number of nitrogens with two attached hydrogens (primary N) is 1. The fraction of sp³-hybridized carbons (Fsp3) is 0.929. The van der Waals surface area contributed by atoms with E-state index in [0.717, 1.165) is 31.6 Å². The molecule has 17 heavy (non-hydrogen) atoms. The van der Waals surface area contributed by atoms with Gasteiger partial charge < -0.3 is 10.6 Å². The van der Waals surface area contributed by atoms with E-state index in [9.17, 15) is 0 Å². The molecule has 1 rings (SSSR count). The molecule has 0 aromatic heterocycles. The molecule has 1 saturated carbocycles. The molecule has 0 amide bonds. The zero-order valence-electron chi connectivity index (χ0n) is 11.6. The summed E-state index contributed by atoms with van der Waals surface area (Å²) < 4.78 is 0. The summed E-state index contributed by atoms with van der Waals surface area (Å²) in [7, 11) is 2.21. The van der Waals surface area contributed by atoms with Gasteiger partial charge in [-0.15, -0.1) is 0 Å². The minimum absolute atomic E-state index is 0.546. The van der Waals surface area contributed by atoms with Crippen molar-refractivity contribution in [1.29, 1.82) is 5.26 Å². The standard InChI is InChI=1S/C14H27N3/c1-12(2)5-4-10-17(3)13-6-8-14(16,11-15)9-7-13/h12-13H,4-10,16H2,1-3H3. The largest absolute Gasteiger partial charge is 0.313 e. The van der Waals surface area contributed by atoms with Crippen molar-refractivity contribution < 1.29 is 0 Å². The van der Waals surface area contributed by atoms with Gasteiger partial charge in [0.05, 0.1) is 6.07 Å². The van der Waals surface area contributed by atoms with Crippen LogP contribution in [0.2, 0.25) is 0 Å². The van der Waals surface area contributed by atoms with Crippen LogP contribution in [0, 0.1) is 17.2 Å². The summed E-state index contributed by atoms with van der Waals surface area (Å²) >= 11 is 0. The summed E-state index contributed by atoms with van der Waals surface area (Å²) in [6.07, 6.45) is 6.42. The second kappa shape index (κ2) is 6.37. The molecule has 0 aromatic rings. The van der Waals surface area contributed by atoms with Gasteiger partial charge in [-0.1, -0.05) is 13.8 Å². The van der Waals surface area contributed by atoms with Crippen LogP contribution in [-0.2, 0) is 0 Å². The van der Waals surface area contributed by atoms with Crippen LogP contribution in [0.4, 0.5) is 0 Å². The van der Waals surface area contributed by atoms with Gasteiger partial charge >= 0.3 is 0 Å². The Kier molecular flexibility index (Phi) is 5.42. The van der Waals surface area contributed by atoms with Crippen molar-refractivity contribution in [1.82, 2.24) is 4.90 Å². The molecule has 1 aliphatic carbocycles. The van der Waals surface area contributed by atoms with Crippen LogP contribution in [0.3, 0.4) is 0 Å². The summed E-state index contributed by atoms with van der Waals surface area (Å²) in [6, 6.07) is 2.89. The maximum Gasteiger partial charge on any atom is 0.104 e. The lowest BCUT2D eigenvalue weighted by molar-refractivity contribution is 0.164. The SMILES string of the molecule is CC(C)CCCN(C)C1CCC(N)(C#N)CC1. The zero-order valence-corrected chi connectivity index (χ0v) is 11.6. The van der Waals surface area contributed by atoms with Gasteiger partial charge in [0.1, 0.15) is 5.54 Å². The van der Waals surface area contributed by atoms with Crippen LogP contribution in [0.15, 0.2) is 0 Å². The first-order chi connectivity index (χ1) is 7.97. The van der Waals surface area contributed by atoms with Gasteiger partial charge in [0.25, 0.3) is 0 Å². The van der Waals surface area contributed by atoms with E-state index >= 15 is 0 Å². The molecule has 0 saturated heterocycles. The third-order valence-corrected chi connectivity index (χ3v) is 3.99. The van der Waals surface area contributed by atoms with E-state index in [0.29, 0.717) is 6.04 Å². The summed E-state index contributed by atoms with van der Waals surface area (Å²) in [4.78, 5) is 2.46. The molecular formula is C14H27N3. The second-order valence-electron chi connectivity index (χ2n) is 6.02. The Labute approximate surface area is 106 Å². The first kappa shape index (κ1) is 14.5. The number of nitriles is 1. The molecule has 2 N–H and O–H groups in total. The van der Waals surface area contributed by atoms with Crippen LogP contribution in [0.5, 0.6) is 0 Å². The maximum absolute atomic E-state index is 8.99. The highest BCUT2D eigenvalue weighted by molar-refractivity contribution is 5.07. The first-order valence-electron chi connectivity index (χ1n) is 6.87. The van der Waals surface area contributed by atoms with Crippen molar-refractivity contribution in [2.24, 2.45) is 11.7 Å². The van der Waals surface area contributed by atoms with Crippen molar-refractivity contribution in [2.45, 2.75) is 64.0 Å². The minimum Gasteiger partial charge on any atom is -0.313 e. The molecule has 0 aliphatic heterocycles. The Morgan fingerprint density at radius 2 is 2.00 bits per heavy atom. The topological polar surface area (TPSA) is 53.0 Å². The van der Waals surface area contributed by atoms with Gasteiger partial charge in [-0.3, -0.25) is 0 Å². The Morgan fingerprint density at radius 3 is 2.47 bits per heavy atom. The average Bonchev–Trinajstić information content (AvgIpc) is 2.29. The fourth-order valence-electron chi connectivity index (χ4n) is 2.60. The van der Waals surface area contributed by atoms with Gasteiger partial charge in [0, 0.05) is 6.04 Å². The predicted octanol–water partition coefficient (Wildman–Crippen LogP) is 2.52. The van der Waals surface area contributed by atoms with E-state index < -0.39 is 5.54 Å². The lowest BCUT2D eigenvalue weighted by atomic mass is 9.81. The van der Waals surface area contributed by atoms with E-state index in [1.165, 1.54) is 19.4 Å². The molecule has 0 aromatic carbocycles. The lowest BCUT2D eigenvalue weighted by Gasteiger charge is -2.36. The highest BCUT2D eigenvalue weighted by Crippen LogP contribution is 2.28. The second-order valence-corrected chi connectivity index (χ2v) is 6.02. The predicted molar refractivity (Wildman–Crippen MR) is 71.5 cm³/mol. The van der Waals surface area contributed by atoms with Gasteiger partial charge in [-0.25, -0.2) is 0 Å². The van der Waals surface area contributed by atoms with Crippen molar-refractivity contribution in [3.63, 3.8) is 0 Å². The summed E-state index contributed by atoms with van der Waals surface area (Å²) in [6.45, 7) is 5.72. The highest BCUT2D eigenvalue weighted by atomic mass is 15.1. The third kappa shape index (κ3) is 4.65. The van der Waals surface area contributed by atoms with E-state index in [1.54, 1.807) is 0 Å². The lowest BCUT2D eigenvalue weighted by Crippen LogP contribution is -2.46. The molecule has 1 aliphatic rings. The maximum atomic E-state index is 8.99. The van der Waals surface area contributed by atoms with Gasteiger partial charge in [-0.2, -0.15) is 5.26 Å². The van der Waals surface area contributed by atoms with Gasteiger partial charge in [-0.05, 0) is 58.0 Å².